The molecule has 1 N–H and O–H groups in total. The Hall–Kier alpha value is -2.45. The van der Waals surface area contributed by atoms with Gasteiger partial charge >= 0.3 is 0 Å². The van der Waals surface area contributed by atoms with Gasteiger partial charge in [0.1, 0.15) is 0 Å². The zero-order valence-corrected chi connectivity index (χ0v) is 14.8. The van der Waals surface area contributed by atoms with Crippen molar-refractivity contribution < 1.29 is 4.79 Å². The van der Waals surface area contributed by atoms with Gasteiger partial charge in [-0.05, 0) is 35.4 Å². The zero-order valence-electron chi connectivity index (χ0n) is 14.0. The van der Waals surface area contributed by atoms with Crippen LogP contribution in [-0.4, -0.2) is 25.8 Å². The van der Waals surface area contributed by atoms with Crippen LogP contribution in [0.4, 0.5) is 5.69 Å². The smallest absolute Gasteiger partial charge is 0.230 e. The van der Waals surface area contributed by atoms with E-state index in [2.05, 4.69) is 17.5 Å². The first-order valence-electron chi connectivity index (χ1n) is 7.68. The Kier molecular flexibility index (Phi) is 6.71. The standard InChI is InChI=1S/C19H21N3OS/c1-22(2)18-5-3-4-17(10-18)12-21-19(23)14-24-13-16-8-6-15(11-20)7-9-16/h3-10H,12-14H2,1-2H3,(H,21,23). The summed E-state index contributed by atoms with van der Waals surface area (Å²) >= 11 is 1.57. The maximum absolute atomic E-state index is 11.9. The molecular weight excluding hydrogens is 318 g/mol. The van der Waals surface area contributed by atoms with E-state index in [9.17, 15) is 4.79 Å². The summed E-state index contributed by atoms with van der Waals surface area (Å²) in [5.74, 6) is 1.21. The second-order valence-electron chi connectivity index (χ2n) is 5.64. The Morgan fingerprint density at radius 3 is 2.58 bits per heavy atom. The van der Waals surface area contributed by atoms with E-state index in [1.807, 2.05) is 49.3 Å². The molecule has 0 aromatic heterocycles. The molecule has 2 rings (SSSR count). The number of carbonyl (C=O) groups is 1. The van der Waals surface area contributed by atoms with E-state index in [-0.39, 0.29) is 5.91 Å². The van der Waals surface area contributed by atoms with Gasteiger partial charge in [0.05, 0.1) is 17.4 Å². The molecule has 0 aliphatic rings. The molecule has 0 aliphatic carbocycles. The minimum absolute atomic E-state index is 0.0314. The van der Waals surface area contributed by atoms with Gasteiger partial charge in [0, 0.05) is 32.1 Å². The highest BCUT2D eigenvalue weighted by atomic mass is 32.2. The maximum Gasteiger partial charge on any atom is 0.230 e. The summed E-state index contributed by atoms with van der Waals surface area (Å²) in [5, 5.41) is 11.7. The molecule has 4 nitrogen and oxygen atoms in total. The lowest BCUT2D eigenvalue weighted by Gasteiger charge is -2.13. The fraction of sp³-hybridized carbons (Fsp3) is 0.263. The topological polar surface area (TPSA) is 56.1 Å². The third kappa shape index (κ3) is 5.64. The highest BCUT2D eigenvalue weighted by Crippen LogP contribution is 2.14. The number of thioether (sulfide) groups is 1. The molecule has 0 saturated carbocycles. The Balaban J connectivity index is 1.73. The average molecular weight is 339 g/mol. The normalized spacial score (nSPS) is 10.0. The number of nitrogens with one attached hydrogen (secondary N) is 1. The average Bonchev–Trinajstić information content (AvgIpc) is 2.61. The van der Waals surface area contributed by atoms with Crippen LogP contribution in [0.25, 0.3) is 0 Å². The van der Waals surface area contributed by atoms with Crippen molar-refractivity contribution in [3.8, 4) is 6.07 Å². The predicted molar refractivity (Wildman–Crippen MR) is 99.9 cm³/mol. The molecule has 0 fully saturated rings. The molecule has 2 aromatic carbocycles. The van der Waals surface area contributed by atoms with Crippen LogP contribution in [0.2, 0.25) is 0 Å². The van der Waals surface area contributed by atoms with Crippen molar-refractivity contribution in [3.63, 3.8) is 0 Å². The van der Waals surface area contributed by atoms with Crippen molar-refractivity contribution in [1.29, 1.82) is 5.26 Å². The zero-order chi connectivity index (χ0) is 17.4. The fourth-order valence-corrected chi connectivity index (χ4v) is 2.95. The van der Waals surface area contributed by atoms with Gasteiger partial charge < -0.3 is 10.2 Å². The van der Waals surface area contributed by atoms with Gasteiger partial charge in [-0.15, -0.1) is 11.8 Å². The molecule has 0 aliphatic heterocycles. The number of hydrogen-bond acceptors (Lipinski definition) is 4. The molecule has 5 heteroatoms. The lowest BCUT2D eigenvalue weighted by atomic mass is 10.2. The summed E-state index contributed by atoms with van der Waals surface area (Å²) in [4.78, 5) is 14.0. The largest absolute Gasteiger partial charge is 0.378 e. The molecule has 0 unspecified atom stereocenters. The summed E-state index contributed by atoms with van der Waals surface area (Å²) in [7, 11) is 4.00. The van der Waals surface area contributed by atoms with Gasteiger partial charge in [-0.1, -0.05) is 24.3 Å². The molecule has 0 bridgehead atoms. The van der Waals surface area contributed by atoms with Crippen LogP contribution in [0.5, 0.6) is 0 Å². The first-order valence-corrected chi connectivity index (χ1v) is 8.83. The molecule has 0 radical (unpaired) electrons. The van der Waals surface area contributed by atoms with Crippen LogP contribution in [0.15, 0.2) is 48.5 Å². The molecule has 0 saturated heterocycles. The fourth-order valence-electron chi connectivity index (χ4n) is 2.13. The molecule has 24 heavy (non-hydrogen) atoms. The van der Waals surface area contributed by atoms with Crippen LogP contribution in [0.1, 0.15) is 16.7 Å². The quantitative estimate of drug-likeness (QED) is 0.842. The van der Waals surface area contributed by atoms with Gasteiger partial charge in [-0.2, -0.15) is 5.26 Å². The van der Waals surface area contributed by atoms with Crippen LogP contribution >= 0.6 is 11.8 Å². The van der Waals surface area contributed by atoms with Crippen molar-refractivity contribution in [3.05, 3.63) is 65.2 Å². The Morgan fingerprint density at radius 1 is 1.17 bits per heavy atom. The number of nitrogens with zero attached hydrogens (tertiary/aromatic N) is 2. The number of rotatable bonds is 7. The Morgan fingerprint density at radius 2 is 1.92 bits per heavy atom. The van der Waals surface area contributed by atoms with Gasteiger partial charge in [-0.3, -0.25) is 4.79 Å². The lowest BCUT2D eigenvalue weighted by molar-refractivity contribution is -0.118. The van der Waals surface area contributed by atoms with E-state index < -0.39 is 0 Å². The van der Waals surface area contributed by atoms with Gasteiger partial charge in [0.2, 0.25) is 5.91 Å². The number of amides is 1. The van der Waals surface area contributed by atoms with E-state index in [0.29, 0.717) is 17.9 Å². The second-order valence-corrected chi connectivity index (χ2v) is 6.63. The first kappa shape index (κ1) is 17.9. The number of benzene rings is 2. The van der Waals surface area contributed by atoms with Crippen LogP contribution < -0.4 is 10.2 Å². The van der Waals surface area contributed by atoms with E-state index in [0.717, 1.165) is 22.6 Å². The van der Waals surface area contributed by atoms with Crippen molar-refractivity contribution in [2.45, 2.75) is 12.3 Å². The van der Waals surface area contributed by atoms with E-state index in [1.165, 1.54) is 0 Å². The van der Waals surface area contributed by atoms with Crippen LogP contribution in [0, 0.1) is 11.3 Å². The third-order valence-electron chi connectivity index (χ3n) is 3.50. The summed E-state index contributed by atoms with van der Waals surface area (Å²) in [6.45, 7) is 0.540. The van der Waals surface area contributed by atoms with E-state index in [4.69, 9.17) is 5.26 Å². The Labute approximate surface area is 147 Å². The highest BCUT2D eigenvalue weighted by molar-refractivity contribution is 7.99. The number of hydrogen-bond donors (Lipinski definition) is 1. The molecule has 124 valence electrons. The predicted octanol–water partition coefficient (Wildman–Crippen LogP) is 3.17. The van der Waals surface area contributed by atoms with Crippen molar-refractivity contribution >= 4 is 23.4 Å². The first-order chi connectivity index (χ1) is 11.6. The van der Waals surface area contributed by atoms with Gasteiger partial charge in [-0.25, -0.2) is 0 Å². The highest BCUT2D eigenvalue weighted by Gasteiger charge is 2.04. The number of nitriles is 1. The third-order valence-corrected chi connectivity index (χ3v) is 4.51. The van der Waals surface area contributed by atoms with Gasteiger partial charge in [0.25, 0.3) is 0 Å². The molecule has 2 aromatic rings. The SMILES string of the molecule is CN(C)c1cccc(CNC(=O)CSCc2ccc(C#N)cc2)c1. The Bertz CT molecular complexity index is 720. The van der Waals surface area contributed by atoms with Crippen LogP contribution in [-0.2, 0) is 17.1 Å². The van der Waals surface area contributed by atoms with E-state index >= 15 is 0 Å². The van der Waals surface area contributed by atoms with Gasteiger partial charge in [0.15, 0.2) is 0 Å². The van der Waals surface area contributed by atoms with Crippen molar-refractivity contribution in [2.75, 3.05) is 24.7 Å². The molecular formula is C19H21N3OS. The number of carbonyl (C=O) groups excluding carboxylic acids is 1. The van der Waals surface area contributed by atoms with Crippen molar-refractivity contribution in [2.24, 2.45) is 0 Å². The summed E-state index contributed by atoms with van der Waals surface area (Å²) in [5.41, 5.74) is 3.98. The number of anilines is 1. The minimum atomic E-state index is 0.0314. The maximum atomic E-state index is 11.9. The summed E-state index contributed by atoms with van der Waals surface area (Å²) < 4.78 is 0. The molecule has 0 heterocycles. The molecule has 1 amide bonds. The molecule has 0 atom stereocenters. The minimum Gasteiger partial charge on any atom is -0.378 e. The van der Waals surface area contributed by atoms with Crippen LogP contribution in [0.3, 0.4) is 0 Å². The second kappa shape index (κ2) is 8.99. The summed E-state index contributed by atoms with van der Waals surface area (Å²) in [6.07, 6.45) is 0. The molecule has 0 spiro atoms. The lowest BCUT2D eigenvalue weighted by Crippen LogP contribution is -2.24. The monoisotopic (exact) mass is 339 g/mol. The van der Waals surface area contributed by atoms with E-state index in [1.54, 1.807) is 23.9 Å². The summed E-state index contributed by atoms with van der Waals surface area (Å²) in [6, 6.07) is 17.7. The van der Waals surface area contributed by atoms with Crippen molar-refractivity contribution in [1.82, 2.24) is 5.32 Å².